The average molecular weight is 417 g/mol. The molecule has 0 radical (unpaired) electrons. The monoisotopic (exact) mass is 416 g/mol. The molecule has 0 aliphatic carbocycles. The van der Waals surface area contributed by atoms with Gasteiger partial charge in [-0.3, -0.25) is 5.43 Å². The van der Waals surface area contributed by atoms with Crippen molar-refractivity contribution < 1.29 is 0 Å². The SMILES string of the molecule is C=C/C=C(C=C)/C(N)=N/C(NN=C)=C(C)\C=C(C)/C(N=C(N)c1ccccc1)=N\N=C. The van der Waals surface area contributed by atoms with E-state index in [9.17, 15) is 0 Å². The number of hydrogen-bond donors (Lipinski definition) is 3. The van der Waals surface area contributed by atoms with Crippen LogP contribution in [0.4, 0.5) is 0 Å². The molecule has 8 nitrogen and oxygen atoms in total. The van der Waals surface area contributed by atoms with Crippen molar-refractivity contribution in [3.8, 4) is 0 Å². The first kappa shape index (κ1) is 24.7. The summed E-state index contributed by atoms with van der Waals surface area (Å²) in [7, 11) is 0. The zero-order chi connectivity index (χ0) is 23.2. The van der Waals surface area contributed by atoms with Crippen LogP contribution in [0.15, 0.2) is 116 Å². The molecule has 0 bridgehead atoms. The number of nitrogens with zero attached hydrogens (tertiary/aromatic N) is 5. The molecular formula is C23H28N8. The standard InChI is InChI=1S/C23H28N8/c1-7-12-18(8-2)20(24)28-22(30-26-5)16(3)15-17(4)23(31-27-6)29-21(25)19-13-10-9-11-14-19/h7-15,30H,1-2,5-6H2,3-4H3,(H2,24,28)(H2,25,29,31)/b17-15-,18-12+,22-16+. The molecule has 160 valence electrons. The molecule has 0 aromatic heterocycles. The van der Waals surface area contributed by atoms with Crippen LogP contribution < -0.4 is 16.9 Å². The molecule has 1 aromatic rings. The van der Waals surface area contributed by atoms with Crippen LogP contribution in [0.5, 0.6) is 0 Å². The summed E-state index contributed by atoms with van der Waals surface area (Å²) in [4.78, 5) is 8.78. The van der Waals surface area contributed by atoms with Gasteiger partial charge in [-0.1, -0.05) is 61.7 Å². The summed E-state index contributed by atoms with van der Waals surface area (Å²) in [5.74, 6) is 1.22. The first-order valence-corrected chi connectivity index (χ1v) is 9.22. The highest BCUT2D eigenvalue weighted by molar-refractivity contribution is 6.10. The molecule has 0 fully saturated rings. The third kappa shape index (κ3) is 7.90. The second-order valence-electron chi connectivity index (χ2n) is 6.12. The van der Waals surface area contributed by atoms with E-state index in [0.717, 1.165) is 5.56 Å². The van der Waals surface area contributed by atoms with Crippen LogP contribution in [0.1, 0.15) is 19.4 Å². The largest absolute Gasteiger partial charge is 0.383 e. The van der Waals surface area contributed by atoms with Gasteiger partial charge in [0.1, 0.15) is 11.7 Å². The fourth-order valence-corrected chi connectivity index (χ4v) is 2.35. The Labute approximate surface area is 183 Å². The fourth-order valence-electron chi connectivity index (χ4n) is 2.35. The summed E-state index contributed by atoms with van der Waals surface area (Å²) in [5, 5.41) is 11.3. The van der Waals surface area contributed by atoms with Crippen molar-refractivity contribution in [3.05, 3.63) is 95.9 Å². The third-order valence-electron chi connectivity index (χ3n) is 3.85. The number of rotatable bonds is 10. The van der Waals surface area contributed by atoms with Crippen molar-refractivity contribution >= 4 is 30.9 Å². The first-order valence-electron chi connectivity index (χ1n) is 9.22. The van der Waals surface area contributed by atoms with E-state index < -0.39 is 0 Å². The molecule has 0 spiro atoms. The van der Waals surface area contributed by atoms with Crippen molar-refractivity contribution in [1.82, 2.24) is 5.43 Å². The number of nitrogens with one attached hydrogen (secondary N) is 1. The van der Waals surface area contributed by atoms with Gasteiger partial charge in [-0.05, 0) is 31.1 Å². The predicted molar refractivity (Wildman–Crippen MR) is 133 cm³/mol. The van der Waals surface area contributed by atoms with Crippen LogP contribution in [0, 0.1) is 0 Å². The van der Waals surface area contributed by atoms with Crippen molar-refractivity contribution in [1.29, 1.82) is 0 Å². The summed E-state index contributed by atoms with van der Waals surface area (Å²) >= 11 is 0. The van der Waals surface area contributed by atoms with Gasteiger partial charge in [0.05, 0.1) is 0 Å². The van der Waals surface area contributed by atoms with E-state index in [2.05, 4.69) is 57.3 Å². The van der Waals surface area contributed by atoms with E-state index in [1.165, 1.54) is 0 Å². The Kier molecular flexibility index (Phi) is 10.4. The van der Waals surface area contributed by atoms with Crippen LogP contribution >= 0.6 is 0 Å². The Morgan fingerprint density at radius 3 is 2.26 bits per heavy atom. The minimum Gasteiger partial charge on any atom is -0.383 e. The molecule has 8 heteroatoms. The Hall–Kier alpha value is -4.33. The molecule has 1 rings (SSSR count). The Morgan fingerprint density at radius 1 is 1.03 bits per heavy atom. The number of aliphatic imine (C=N–C) groups is 2. The summed E-state index contributed by atoms with van der Waals surface area (Å²) < 4.78 is 0. The maximum atomic E-state index is 6.12. The van der Waals surface area contributed by atoms with E-state index in [1.54, 1.807) is 24.3 Å². The molecule has 31 heavy (non-hydrogen) atoms. The third-order valence-corrected chi connectivity index (χ3v) is 3.85. The Balaban J connectivity index is 3.43. The van der Waals surface area contributed by atoms with E-state index in [4.69, 9.17) is 11.5 Å². The van der Waals surface area contributed by atoms with Gasteiger partial charge in [0.15, 0.2) is 11.7 Å². The molecule has 0 amide bonds. The number of nitrogens with two attached hydrogens (primary N) is 2. The lowest BCUT2D eigenvalue weighted by molar-refractivity contribution is 0.865. The van der Waals surface area contributed by atoms with Crippen LogP contribution in [0.2, 0.25) is 0 Å². The van der Waals surface area contributed by atoms with E-state index in [0.29, 0.717) is 34.2 Å². The smallest absolute Gasteiger partial charge is 0.179 e. The van der Waals surface area contributed by atoms with E-state index in [1.807, 2.05) is 44.2 Å². The van der Waals surface area contributed by atoms with Crippen molar-refractivity contribution in [2.24, 2.45) is 36.8 Å². The molecule has 0 aliphatic heterocycles. The zero-order valence-electron chi connectivity index (χ0n) is 17.9. The fraction of sp³-hybridized carbons (Fsp3) is 0.0870. The van der Waals surface area contributed by atoms with Crippen molar-refractivity contribution in [2.45, 2.75) is 13.8 Å². The zero-order valence-corrected chi connectivity index (χ0v) is 17.9. The van der Waals surface area contributed by atoms with Gasteiger partial charge in [0.2, 0.25) is 0 Å². The molecule has 0 saturated heterocycles. The summed E-state index contributed by atoms with van der Waals surface area (Å²) in [6.07, 6.45) is 6.67. The molecule has 0 heterocycles. The second-order valence-corrected chi connectivity index (χ2v) is 6.12. The highest BCUT2D eigenvalue weighted by atomic mass is 15.3. The predicted octanol–water partition coefficient (Wildman–Crippen LogP) is 3.44. The molecule has 0 saturated carbocycles. The summed E-state index contributed by atoms with van der Waals surface area (Å²) in [6.45, 7) is 17.9. The maximum absolute atomic E-state index is 6.12. The topological polar surface area (TPSA) is 126 Å². The van der Waals surface area contributed by atoms with Crippen LogP contribution in [-0.4, -0.2) is 30.9 Å². The summed E-state index contributed by atoms with van der Waals surface area (Å²) in [5.41, 5.74) is 17.7. The average Bonchev–Trinajstić information content (AvgIpc) is 2.77. The van der Waals surface area contributed by atoms with Gasteiger partial charge in [-0.15, -0.1) is 5.10 Å². The molecule has 5 N–H and O–H groups in total. The lowest BCUT2D eigenvalue weighted by Crippen LogP contribution is -2.17. The van der Waals surface area contributed by atoms with E-state index in [-0.39, 0.29) is 5.84 Å². The maximum Gasteiger partial charge on any atom is 0.179 e. The van der Waals surface area contributed by atoms with Crippen molar-refractivity contribution in [2.75, 3.05) is 0 Å². The number of allylic oxidation sites excluding steroid dienone is 4. The minimum absolute atomic E-state index is 0.236. The van der Waals surface area contributed by atoms with E-state index >= 15 is 0 Å². The van der Waals surface area contributed by atoms with Crippen LogP contribution in [0.3, 0.4) is 0 Å². The number of benzene rings is 1. The molecule has 0 unspecified atom stereocenters. The number of amidine groups is 3. The molecular weight excluding hydrogens is 388 g/mol. The lowest BCUT2D eigenvalue weighted by Gasteiger charge is -2.08. The lowest BCUT2D eigenvalue weighted by atomic mass is 10.1. The quantitative estimate of drug-likeness (QED) is 0.234. The normalized spacial score (nSPS) is 14.5. The summed E-state index contributed by atoms with van der Waals surface area (Å²) in [6, 6.07) is 9.34. The first-order chi connectivity index (χ1) is 14.9. The van der Waals surface area contributed by atoms with Gasteiger partial charge in [0, 0.05) is 24.6 Å². The van der Waals surface area contributed by atoms with Gasteiger partial charge in [0.25, 0.3) is 0 Å². The molecule has 0 atom stereocenters. The van der Waals surface area contributed by atoms with Crippen molar-refractivity contribution in [3.63, 3.8) is 0 Å². The van der Waals surface area contributed by atoms with Gasteiger partial charge < -0.3 is 11.5 Å². The van der Waals surface area contributed by atoms with Gasteiger partial charge >= 0.3 is 0 Å². The highest BCUT2D eigenvalue weighted by Gasteiger charge is 2.08. The van der Waals surface area contributed by atoms with Crippen LogP contribution in [0.25, 0.3) is 0 Å². The molecule has 0 aliphatic rings. The highest BCUT2D eigenvalue weighted by Crippen LogP contribution is 2.12. The molecule has 1 aromatic carbocycles. The number of hydrazone groups is 1. The van der Waals surface area contributed by atoms with Gasteiger partial charge in [-0.2, -0.15) is 10.2 Å². The Bertz CT molecular complexity index is 1010. The second kappa shape index (κ2) is 13.0. The minimum atomic E-state index is 0.236. The number of hydrogen-bond acceptors (Lipinski definition) is 5. The van der Waals surface area contributed by atoms with Gasteiger partial charge in [-0.25, -0.2) is 9.98 Å². The Morgan fingerprint density at radius 2 is 1.71 bits per heavy atom. The van der Waals surface area contributed by atoms with Crippen LogP contribution in [-0.2, 0) is 0 Å².